The molecule has 1 fully saturated rings. The number of H-pyrrole nitrogens is 1. The second-order valence-electron chi connectivity index (χ2n) is 34.2. The molecule has 1 unspecified atom stereocenters. The van der Waals surface area contributed by atoms with Crippen LogP contribution in [-0.2, 0) is 121 Å². The first kappa shape index (κ1) is 121. The van der Waals surface area contributed by atoms with E-state index < -0.39 is 6.10 Å². The maximum atomic E-state index is 12.2. The number of ether oxygens (including phenoxy) is 1. The molecule has 1 saturated heterocycles. The molecule has 1 atom stereocenters. The topological polar surface area (TPSA) is 236 Å². The third kappa shape index (κ3) is 34.2. The Morgan fingerprint density at radius 1 is 0.478 bits per heavy atom. The molecule has 10 aromatic rings. The van der Waals surface area contributed by atoms with Gasteiger partial charge in [-0.3, -0.25) is 19.2 Å². The largest absolute Gasteiger partial charge is 1.00 e. The molecule has 21 nitrogen and oxygen atoms in total. The number of ketones is 1. The Morgan fingerprint density at radius 3 is 1.37 bits per heavy atom. The van der Waals surface area contributed by atoms with E-state index in [1.165, 1.54) is 145 Å². The number of hydrogen-bond acceptors (Lipinski definition) is 17. The molecule has 720 valence electrons. The Hall–Kier alpha value is -6.89. The minimum atomic E-state index is -0.525. The van der Waals surface area contributed by atoms with Crippen molar-refractivity contribution in [3.63, 3.8) is 0 Å². The fourth-order valence-corrected chi connectivity index (χ4v) is 20.0. The number of aldehydes is 1. The summed E-state index contributed by atoms with van der Waals surface area (Å²) in [4.78, 5) is 65.7. The van der Waals surface area contributed by atoms with Crippen LogP contribution in [0.15, 0.2) is 109 Å². The summed E-state index contributed by atoms with van der Waals surface area (Å²) in [5.74, 6) is 0.896. The maximum Gasteiger partial charge on any atom is 1.00 e. The van der Waals surface area contributed by atoms with Gasteiger partial charge in [0.2, 0.25) is 5.69 Å². The number of nitrogens with zero attached hydrogens (tertiary/aromatic N) is 10. The fraction of sp³-hybridized carbons (Fsp3) is 0.533. The summed E-state index contributed by atoms with van der Waals surface area (Å²) < 4.78 is 31.0. The molecule has 6 aliphatic carbocycles. The number of thioether (sulfide) groups is 1. The molecule has 0 saturated carbocycles. The van der Waals surface area contributed by atoms with E-state index in [-0.39, 0.29) is 128 Å². The van der Waals surface area contributed by atoms with Gasteiger partial charge in [-0.15, -0.1) is 0 Å². The molecule has 1 aliphatic heterocycles. The summed E-state index contributed by atoms with van der Waals surface area (Å²) in [7, 11) is 0. The second kappa shape index (κ2) is 65.2. The van der Waals surface area contributed by atoms with Crippen molar-refractivity contribution in [2.45, 2.75) is 350 Å². The van der Waals surface area contributed by atoms with Gasteiger partial charge in [-0.25, -0.2) is 19.5 Å². The molecule has 0 spiro atoms. The van der Waals surface area contributed by atoms with Crippen molar-refractivity contribution >= 4 is 141 Å². The van der Waals surface area contributed by atoms with Crippen LogP contribution in [0.1, 0.15) is 325 Å². The van der Waals surface area contributed by atoms with Gasteiger partial charge in [-0.2, -0.15) is 0 Å². The van der Waals surface area contributed by atoms with Crippen LogP contribution in [0.3, 0.4) is 0 Å². The van der Waals surface area contributed by atoms with Crippen molar-refractivity contribution in [3.8, 4) is 0 Å². The monoisotopic (exact) mass is 1980 g/mol. The number of pyridine rings is 6. The molecular weight excluding hydrogens is 1840 g/mol. The van der Waals surface area contributed by atoms with Gasteiger partial charge in [-0.05, 0) is 284 Å². The number of aryl methyl sites for hydroxylation is 10. The minimum absolute atomic E-state index is 0. The number of carbonyl (C=O) groups excluding carboxylic acids is 2. The first-order valence-electron chi connectivity index (χ1n) is 47.9. The number of benzene rings is 2. The van der Waals surface area contributed by atoms with E-state index in [0.717, 1.165) is 254 Å². The summed E-state index contributed by atoms with van der Waals surface area (Å²) in [5, 5.41) is 27.8. The number of unbranched alkanes of at least 4 members (excludes halogenated alkanes) is 6. The average Bonchev–Trinajstić information content (AvgIpc) is 1.05. The van der Waals surface area contributed by atoms with Gasteiger partial charge >= 0.3 is 59.1 Å². The number of nitrogens with one attached hydrogen (secondary N) is 1. The van der Waals surface area contributed by atoms with Crippen LogP contribution < -0.4 is 70.2 Å². The minimum Gasteiger partial charge on any atom is -1.00 e. The SMILES string of the molecule is C.C1CCOC1.CCCCn1cc2c(c(C=O)c1=S)CCCC2.CCCCn1cc2c(c(CO)c1=S)CCCC2.CCCCn1cc2c(c(CSc3nc4ccccc4o3)c1=S)CCCC2.CCO.S=c1[nH]c2ccccc2o1.[B].[B].[C-]#[N+]c1c2c(cn(CCCC)c1=O)C(=O)CCC2.[C-]#[N+]c1c2c(cn(CCCC)c1=O)C(O)CCC2.[C-]#[N+]c1c2c(cn(CCCC)c1=S)CCCC2.[H-].[H-].[Na+].[Na+]. The molecule has 4 N–H and O–H groups in total. The van der Waals surface area contributed by atoms with Crippen molar-refractivity contribution < 1.29 is 100 Å². The standard InChI is InChI=1S/C21H24N2OS2.C14H18N2O2.C14H16N2O2.C14H18N2S.C14H21NOS.C14H19NOS.C7H5NOS.C4H8O.C2H6O.CH4.2B.2Na.2H/c1-2-3-12-23-13-15-8-4-5-9-16(15)17(20(23)25)14-26-21-22-18-10-6-7-11-19(18)24-21;2*1-3-4-8-16-9-11-10(6-5-7-12(11)17)13(15-2)14(16)18;1-3-4-9-16-10-11-7-5-6-8-12(11)13(15-2)14(16)17;2*1-2-3-8-15-9-11-6-4-5-7-12(11)13(10-16)14(15)17;10-7-8-5-3-1-2-4-6(5)9-7;1-2-4-5-3-1;1-2-3;;;;;;;/h6-7,10-11,13H,2-5,8-9,12,14H2,1H3;9,12,17H,3-8H2,1H3;9H,3-8H2,1H3;10H,3-9H2,1H3;9,16H,2-8,10H2,1H3;9-10H,2-8H2,1H3;1-4H,(H,8,10);1-4H2;3H,2H2,1H3;1H4;;;;;;/q;;;;;;;;;;;;2*+1;2*-1. The Labute approximate surface area is 887 Å². The fourth-order valence-electron chi connectivity index (χ4n) is 17.5. The van der Waals surface area contributed by atoms with Crippen LogP contribution in [0.2, 0.25) is 0 Å². The van der Waals surface area contributed by atoms with E-state index in [2.05, 4.69) is 102 Å². The number of rotatable bonds is 23. The molecule has 0 bridgehead atoms. The van der Waals surface area contributed by atoms with E-state index in [1.54, 1.807) is 35.6 Å². The van der Waals surface area contributed by atoms with Crippen LogP contribution in [0, 0.1) is 43.1 Å². The summed E-state index contributed by atoms with van der Waals surface area (Å²) in [6.45, 7) is 43.7. The molecule has 9 heterocycles. The molecule has 2 aromatic carbocycles. The van der Waals surface area contributed by atoms with Crippen molar-refractivity contribution in [2.75, 3.05) is 19.8 Å². The van der Waals surface area contributed by atoms with Gasteiger partial charge in [0.05, 0.1) is 43.5 Å². The third-order valence-electron chi connectivity index (χ3n) is 24.7. The number of para-hydroxylation sites is 4. The second-order valence-corrected chi connectivity index (χ2v) is 37.0. The van der Waals surface area contributed by atoms with Crippen LogP contribution in [0.4, 0.5) is 17.1 Å². The molecule has 6 radical (unpaired) electrons. The van der Waals surface area contributed by atoms with Crippen LogP contribution >= 0.6 is 72.9 Å². The van der Waals surface area contributed by atoms with E-state index in [0.29, 0.717) is 41.9 Å². The Morgan fingerprint density at radius 2 is 0.890 bits per heavy atom. The molecule has 0 amide bonds. The third-order valence-corrected chi connectivity index (χ3v) is 27.5. The molecule has 136 heavy (non-hydrogen) atoms. The predicted molar refractivity (Wildman–Crippen MR) is 562 cm³/mol. The molecule has 7 aliphatic rings. The Bertz CT molecular complexity index is 6010. The first-order valence-corrected chi connectivity index (χ1v) is 50.9. The molecular formula is C105H141B2N11Na2O10S6. The van der Waals surface area contributed by atoms with Crippen LogP contribution in [0.5, 0.6) is 0 Å². The number of hydrogen-bond donors (Lipinski definition) is 4. The molecule has 8 aromatic heterocycles. The van der Waals surface area contributed by atoms with Crippen LogP contribution in [0.25, 0.3) is 36.7 Å². The van der Waals surface area contributed by atoms with Gasteiger partial charge in [0.1, 0.15) is 24.1 Å². The number of aromatic nitrogens is 8. The van der Waals surface area contributed by atoms with Crippen molar-refractivity contribution in [2.24, 2.45) is 0 Å². The van der Waals surface area contributed by atoms with Gasteiger partial charge < -0.3 is 64.1 Å². The molecule has 31 heteroatoms. The summed E-state index contributed by atoms with van der Waals surface area (Å²) in [6, 6.07) is 15.6. The summed E-state index contributed by atoms with van der Waals surface area (Å²) in [6.07, 6.45) is 51.3. The van der Waals surface area contributed by atoms with Crippen molar-refractivity contribution in [1.82, 2.24) is 37.4 Å². The van der Waals surface area contributed by atoms with E-state index in [1.807, 2.05) is 55.5 Å². The number of oxazole rings is 2. The Balaban J connectivity index is 0.000000538. The predicted octanol–water partition coefficient (Wildman–Crippen LogP) is 20.6. The quantitative estimate of drug-likeness (QED) is 0.0153. The van der Waals surface area contributed by atoms with Gasteiger partial charge in [0, 0.05) is 142 Å². The summed E-state index contributed by atoms with van der Waals surface area (Å²) in [5.41, 5.74) is 20.9. The number of Topliss-reactive ketones (excluding diaryl/α,β-unsaturated/α-hetero) is 1. The van der Waals surface area contributed by atoms with Gasteiger partial charge in [0.25, 0.3) is 32.6 Å². The smallest absolute Gasteiger partial charge is 1.00 e. The van der Waals surface area contributed by atoms with Crippen molar-refractivity contribution in [3.05, 3.63) is 248 Å². The number of aliphatic hydroxyl groups excluding tert-OH is 3. The normalized spacial score (nSPS) is 14.1. The number of fused-ring (bicyclic) bond motifs is 8. The summed E-state index contributed by atoms with van der Waals surface area (Å²) >= 11 is 28.7. The van der Waals surface area contributed by atoms with Crippen LogP contribution in [-0.4, -0.2) is 101 Å². The Kier molecular flexibility index (Phi) is 58.2. The number of aromatic amines is 1. The zero-order valence-corrected chi connectivity index (χ0v) is 90.1. The van der Waals surface area contributed by atoms with Gasteiger partial charge in [0.15, 0.2) is 23.2 Å². The van der Waals surface area contributed by atoms with Gasteiger partial charge in [-0.1, -0.05) is 179 Å². The van der Waals surface area contributed by atoms with E-state index in [4.69, 9.17) is 99.5 Å². The van der Waals surface area contributed by atoms with E-state index in [9.17, 15) is 29.4 Å². The number of carbonyl (C=O) groups is 2. The van der Waals surface area contributed by atoms with E-state index >= 15 is 0 Å². The average molecular weight is 1980 g/mol. The molecule has 17 rings (SSSR count). The zero-order valence-electron chi connectivity index (χ0n) is 83.2. The zero-order chi connectivity index (χ0) is 94.1. The maximum absolute atomic E-state index is 12.2. The van der Waals surface area contributed by atoms with Crippen molar-refractivity contribution in [1.29, 1.82) is 0 Å². The first-order chi connectivity index (χ1) is 63.7. The number of aliphatic hydroxyl groups is 3.